The Morgan fingerprint density at radius 2 is 1.82 bits per heavy atom. The molecule has 2 aromatic carbocycles. The van der Waals surface area contributed by atoms with Gasteiger partial charge in [0, 0.05) is 22.8 Å². The fourth-order valence-electron chi connectivity index (χ4n) is 2.31. The molecule has 3 N–H and O–H groups in total. The maximum atomic E-state index is 12.6. The van der Waals surface area contributed by atoms with Crippen molar-refractivity contribution < 1.29 is 14.3 Å². The van der Waals surface area contributed by atoms with Gasteiger partial charge in [-0.1, -0.05) is 29.3 Å². The number of rotatable bonds is 7. The highest BCUT2D eigenvalue weighted by atomic mass is 79.9. The lowest BCUT2D eigenvalue weighted by Gasteiger charge is -2.13. The van der Waals surface area contributed by atoms with E-state index in [1.54, 1.807) is 43.4 Å². The number of hydrogen-bond donors (Lipinski definition) is 3. The summed E-state index contributed by atoms with van der Waals surface area (Å²) in [6.45, 7) is 2.61. The maximum absolute atomic E-state index is 12.6. The zero-order valence-corrected chi connectivity index (χ0v) is 18.1. The van der Waals surface area contributed by atoms with Crippen molar-refractivity contribution in [1.82, 2.24) is 10.6 Å². The Balaban J connectivity index is 2.03. The van der Waals surface area contributed by atoms with Crippen molar-refractivity contribution in [2.45, 2.75) is 19.8 Å². The number of nitrogens with one attached hydrogen (secondary N) is 3. The lowest BCUT2D eigenvalue weighted by atomic mass is 10.2. The van der Waals surface area contributed by atoms with E-state index < -0.39 is 0 Å². The zero-order valence-electron chi connectivity index (χ0n) is 15.7. The van der Waals surface area contributed by atoms with Gasteiger partial charge in [-0.3, -0.25) is 14.9 Å². The normalized spacial score (nSPS) is 10.1. The molecule has 2 aromatic rings. The van der Waals surface area contributed by atoms with Crippen LogP contribution in [0, 0.1) is 0 Å². The van der Waals surface area contributed by atoms with Crippen LogP contribution in [-0.4, -0.2) is 30.6 Å². The van der Waals surface area contributed by atoms with Gasteiger partial charge in [0.15, 0.2) is 5.11 Å². The second-order valence-corrected chi connectivity index (χ2v) is 7.23. The quantitative estimate of drug-likeness (QED) is 0.425. The molecule has 0 aliphatic carbocycles. The molecule has 0 fully saturated rings. The molecule has 0 radical (unpaired) electrons. The van der Waals surface area contributed by atoms with Crippen LogP contribution in [0.2, 0.25) is 0 Å². The molecule has 0 bridgehead atoms. The van der Waals surface area contributed by atoms with Gasteiger partial charge < -0.3 is 15.4 Å². The van der Waals surface area contributed by atoms with Crippen molar-refractivity contribution in [2.75, 3.05) is 19.0 Å². The van der Waals surface area contributed by atoms with Crippen LogP contribution in [0.3, 0.4) is 0 Å². The number of benzene rings is 2. The molecule has 0 aromatic heterocycles. The van der Waals surface area contributed by atoms with Gasteiger partial charge >= 0.3 is 0 Å². The number of carbonyl (C=O) groups is 2. The van der Waals surface area contributed by atoms with Crippen LogP contribution in [0.1, 0.15) is 40.5 Å². The molecule has 6 nitrogen and oxygen atoms in total. The van der Waals surface area contributed by atoms with Crippen LogP contribution >= 0.6 is 28.1 Å². The molecule has 0 aliphatic rings. The molecule has 0 unspecified atom stereocenters. The molecular formula is C20H22BrN3O3S. The van der Waals surface area contributed by atoms with Gasteiger partial charge in [-0.15, -0.1) is 0 Å². The van der Waals surface area contributed by atoms with Gasteiger partial charge in [0.25, 0.3) is 11.8 Å². The van der Waals surface area contributed by atoms with Crippen molar-refractivity contribution in [3.05, 3.63) is 58.1 Å². The SMILES string of the molecule is CCCCOc1ccc(Br)cc1C(=O)NC(=S)Nc1ccc(C(=O)NC)cc1. The van der Waals surface area contributed by atoms with Gasteiger partial charge in [0.1, 0.15) is 5.75 Å². The van der Waals surface area contributed by atoms with E-state index in [9.17, 15) is 9.59 Å². The minimum absolute atomic E-state index is 0.150. The molecule has 0 atom stereocenters. The summed E-state index contributed by atoms with van der Waals surface area (Å²) in [5.74, 6) is -0.0353. The molecule has 2 rings (SSSR count). The van der Waals surface area contributed by atoms with Gasteiger partial charge in [-0.25, -0.2) is 0 Å². The predicted octanol–water partition coefficient (Wildman–Crippen LogP) is 4.11. The second kappa shape index (κ2) is 10.8. The summed E-state index contributed by atoms with van der Waals surface area (Å²) in [5.41, 5.74) is 1.59. The van der Waals surface area contributed by atoms with Crippen LogP contribution < -0.4 is 20.7 Å². The summed E-state index contributed by atoms with van der Waals surface area (Å²) in [5, 5.41) is 8.29. The van der Waals surface area contributed by atoms with Crippen molar-refractivity contribution in [2.24, 2.45) is 0 Å². The predicted molar refractivity (Wildman–Crippen MR) is 118 cm³/mol. The van der Waals surface area contributed by atoms with Crippen LogP contribution in [0.15, 0.2) is 46.9 Å². The smallest absolute Gasteiger partial charge is 0.261 e. The fraction of sp³-hybridized carbons (Fsp3) is 0.250. The monoisotopic (exact) mass is 463 g/mol. The average Bonchev–Trinajstić information content (AvgIpc) is 2.69. The number of carbonyl (C=O) groups excluding carboxylic acids is 2. The summed E-state index contributed by atoms with van der Waals surface area (Å²) < 4.78 is 6.48. The lowest BCUT2D eigenvalue weighted by Crippen LogP contribution is -2.34. The fourth-order valence-corrected chi connectivity index (χ4v) is 2.89. The maximum Gasteiger partial charge on any atom is 0.261 e. The van der Waals surface area contributed by atoms with Crippen LogP contribution in [0.5, 0.6) is 5.75 Å². The summed E-state index contributed by atoms with van der Waals surface area (Å²) in [7, 11) is 1.57. The molecule has 8 heteroatoms. The number of halogens is 1. The molecule has 0 spiro atoms. The highest BCUT2D eigenvalue weighted by Gasteiger charge is 2.15. The average molecular weight is 464 g/mol. The number of anilines is 1. The first-order chi connectivity index (χ1) is 13.4. The van der Waals surface area contributed by atoms with E-state index in [0.717, 1.165) is 17.3 Å². The van der Waals surface area contributed by atoms with Crippen LogP contribution in [0.4, 0.5) is 5.69 Å². The molecule has 0 heterocycles. The minimum Gasteiger partial charge on any atom is -0.493 e. The zero-order chi connectivity index (χ0) is 20.5. The first kappa shape index (κ1) is 21.8. The summed E-state index contributed by atoms with van der Waals surface area (Å²) >= 11 is 8.60. The Labute approximate surface area is 178 Å². The van der Waals surface area contributed by atoms with E-state index >= 15 is 0 Å². The van der Waals surface area contributed by atoms with Crippen LogP contribution in [0.25, 0.3) is 0 Å². The Morgan fingerprint density at radius 1 is 1.11 bits per heavy atom. The van der Waals surface area contributed by atoms with E-state index in [4.69, 9.17) is 17.0 Å². The van der Waals surface area contributed by atoms with E-state index in [0.29, 0.717) is 29.2 Å². The molecule has 2 amide bonds. The second-order valence-electron chi connectivity index (χ2n) is 5.91. The third-order valence-electron chi connectivity index (χ3n) is 3.80. The summed E-state index contributed by atoms with van der Waals surface area (Å²) in [4.78, 5) is 24.2. The van der Waals surface area contributed by atoms with Gasteiger partial charge in [-0.05, 0) is 61.1 Å². The number of hydrogen-bond acceptors (Lipinski definition) is 4. The largest absolute Gasteiger partial charge is 0.493 e. The summed E-state index contributed by atoms with van der Waals surface area (Å²) in [6, 6.07) is 12.0. The number of unbranched alkanes of at least 4 members (excludes halogenated alkanes) is 1. The Kier molecular flexibility index (Phi) is 8.41. The molecule has 0 aliphatic heterocycles. The lowest BCUT2D eigenvalue weighted by molar-refractivity contribution is 0.0958. The first-order valence-electron chi connectivity index (χ1n) is 8.81. The Morgan fingerprint density at radius 3 is 2.46 bits per heavy atom. The third-order valence-corrected chi connectivity index (χ3v) is 4.50. The van der Waals surface area contributed by atoms with Crippen LogP contribution in [-0.2, 0) is 0 Å². The highest BCUT2D eigenvalue weighted by Crippen LogP contribution is 2.23. The number of amides is 2. The first-order valence-corrected chi connectivity index (χ1v) is 10.0. The minimum atomic E-state index is -0.368. The highest BCUT2D eigenvalue weighted by molar-refractivity contribution is 9.10. The summed E-state index contributed by atoms with van der Waals surface area (Å²) in [6.07, 6.45) is 1.91. The van der Waals surface area contributed by atoms with E-state index in [-0.39, 0.29) is 16.9 Å². The van der Waals surface area contributed by atoms with E-state index in [2.05, 4.69) is 38.8 Å². The van der Waals surface area contributed by atoms with Gasteiger partial charge in [0.2, 0.25) is 0 Å². The number of ether oxygens (including phenoxy) is 1. The molecule has 0 saturated carbocycles. The Hall–Kier alpha value is -2.45. The molecule has 28 heavy (non-hydrogen) atoms. The van der Waals surface area contributed by atoms with Gasteiger partial charge in [-0.2, -0.15) is 0 Å². The van der Waals surface area contributed by atoms with Crippen molar-refractivity contribution >= 4 is 50.8 Å². The standard InChI is InChI=1S/C20H22BrN3O3S/c1-3-4-11-27-17-10-7-14(21)12-16(17)19(26)24-20(28)23-15-8-5-13(6-9-15)18(25)22-2/h5-10,12H,3-4,11H2,1-2H3,(H,22,25)(H2,23,24,26,28). The molecule has 148 valence electrons. The van der Waals surface area contributed by atoms with Gasteiger partial charge in [0.05, 0.1) is 12.2 Å². The van der Waals surface area contributed by atoms with Crippen molar-refractivity contribution in [3.8, 4) is 5.75 Å². The van der Waals surface area contributed by atoms with E-state index in [1.165, 1.54) is 0 Å². The number of thiocarbonyl (C=S) groups is 1. The molecular weight excluding hydrogens is 442 g/mol. The third kappa shape index (κ3) is 6.31. The molecule has 0 saturated heterocycles. The Bertz CT molecular complexity index is 856. The topological polar surface area (TPSA) is 79.5 Å². The van der Waals surface area contributed by atoms with Crippen molar-refractivity contribution in [1.29, 1.82) is 0 Å². The van der Waals surface area contributed by atoms with E-state index in [1.807, 2.05) is 6.07 Å². The van der Waals surface area contributed by atoms with Crippen molar-refractivity contribution in [3.63, 3.8) is 0 Å².